The van der Waals surface area contributed by atoms with Gasteiger partial charge in [0.15, 0.2) is 12.3 Å². The van der Waals surface area contributed by atoms with Gasteiger partial charge in [0, 0.05) is 11.6 Å². The third kappa shape index (κ3) is 5.99. The van der Waals surface area contributed by atoms with Gasteiger partial charge in [-0.1, -0.05) is 23.7 Å². The minimum atomic E-state index is -4.47. The van der Waals surface area contributed by atoms with E-state index in [0.29, 0.717) is 22.0 Å². The maximum absolute atomic E-state index is 13.0. The van der Waals surface area contributed by atoms with Crippen LogP contribution in [0.4, 0.5) is 13.2 Å². The molecule has 4 rings (SSSR count). The van der Waals surface area contributed by atoms with E-state index in [1.165, 1.54) is 33.9 Å². The van der Waals surface area contributed by atoms with Gasteiger partial charge in [-0.15, -0.1) is 0 Å². The molecule has 0 aliphatic rings. The summed E-state index contributed by atoms with van der Waals surface area (Å²) in [6, 6.07) is 11.4. The average molecular weight is 506 g/mol. The topological polar surface area (TPSA) is 91.0 Å². The van der Waals surface area contributed by atoms with Crippen molar-refractivity contribution in [2.75, 3.05) is 13.2 Å². The number of aromatic nitrogens is 4. The highest BCUT2D eigenvalue weighted by atomic mass is 35.5. The average Bonchev–Trinajstić information content (AvgIpc) is 3.24. The van der Waals surface area contributed by atoms with Crippen LogP contribution in [0.2, 0.25) is 5.02 Å². The van der Waals surface area contributed by atoms with E-state index in [-0.39, 0.29) is 37.5 Å². The Labute approximate surface area is 201 Å². The van der Waals surface area contributed by atoms with E-state index in [2.05, 4.69) is 15.4 Å². The first-order valence-electron chi connectivity index (χ1n) is 10.4. The number of benzene rings is 2. The first-order chi connectivity index (χ1) is 16.7. The molecule has 2 heterocycles. The Kier molecular flexibility index (Phi) is 7.06. The standard InChI is InChI=1S/C23H19ClF3N5O3/c24-17-4-6-18(7-5-17)35-13-20(33)28-8-9-32-21-19(11-30-32)22(34)31(14-29-21)12-15-2-1-3-16(10-15)23(25,26)27/h1-7,10-11,14H,8-9,12-13H2,(H,28,33). The number of hydrogen-bond donors (Lipinski definition) is 1. The van der Waals surface area contributed by atoms with Crippen molar-refractivity contribution >= 4 is 28.5 Å². The van der Waals surface area contributed by atoms with E-state index in [4.69, 9.17) is 16.3 Å². The van der Waals surface area contributed by atoms with Crippen LogP contribution in [0, 0.1) is 0 Å². The number of halogens is 4. The van der Waals surface area contributed by atoms with Crippen molar-refractivity contribution in [2.45, 2.75) is 19.3 Å². The van der Waals surface area contributed by atoms with Crippen LogP contribution >= 0.6 is 11.6 Å². The molecule has 0 spiro atoms. The minimum absolute atomic E-state index is 0.0689. The van der Waals surface area contributed by atoms with Crippen LogP contribution in [0.1, 0.15) is 11.1 Å². The Morgan fingerprint density at radius 1 is 1.14 bits per heavy atom. The molecule has 35 heavy (non-hydrogen) atoms. The third-order valence-corrected chi connectivity index (χ3v) is 5.31. The number of hydrogen-bond acceptors (Lipinski definition) is 5. The molecule has 0 saturated carbocycles. The largest absolute Gasteiger partial charge is 0.484 e. The van der Waals surface area contributed by atoms with Gasteiger partial charge in [0.1, 0.15) is 17.5 Å². The molecule has 2 aromatic carbocycles. The van der Waals surface area contributed by atoms with Gasteiger partial charge in [0.2, 0.25) is 0 Å². The Hall–Kier alpha value is -3.86. The summed E-state index contributed by atoms with van der Waals surface area (Å²) in [6.07, 6.45) is -1.86. The second-order valence-corrected chi connectivity index (χ2v) is 8.01. The van der Waals surface area contributed by atoms with Crippen LogP contribution in [-0.2, 0) is 24.1 Å². The van der Waals surface area contributed by atoms with E-state index in [0.717, 1.165) is 12.1 Å². The highest BCUT2D eigenvalue weighted by Crippen LogP contribution is 2.29. The SMILES string of the molecule is O=C(COc1ccc(Cl)cc1)NCCn1ncc2c(=O)n(Cc3cccc(C(F)(F)F)c3)cnc21. The maximum atomic E-state index is 13.0. The first kappa shape index (κ1) is 24.3. The Bertz CT molecular complexity index is 1400. The van der Waals surface area contributed by atoms with E-state index >= 15 is 0 Å². The van der Waals surface area contributed by atoms with Crippen LogP contribution < -0.4 is 15.6 Å². The first-order valence-corrected chi connectivity index (χ1v) is 10.8. The van der Waals surface area contributed by atoms with Crippen molar-refractivity contribution in [3.05, 3.63) is 87.6 Å². The Morgan fingerprint density at radius 3 is 2.66 bits per heavy atom. The smallest absolute Gasteiger partial charge is 0.416 e. The van der Waals surface area contributed by atoms with Crippen LogP contribution in [0.25, 0.3) is 11.0 Å². The molecule has 2 aromatic heterocycles. The predicted octanol–water partition coefficient (Wildman–Crippen LogP) is 3.51. The van der Waals surface area contributed by atoms with Crippen molar-refractivity contribution in [2.24, 2.45) is 0 Å². The van der Waals surface area contributed by atoms with Gasteiger partial charge in [-0.3, -0.25) is 14.2 Å². The molecule has 0 radical (unpaired) electrons. The zero-order chi connectivity index (χ0) is 25.0. The monoisotopic (exact) mass is 505 g/mol. The molecule has 0 aliphatic carbocycles. The summed E-state index contributed by atoms with van der Waals surface area (Å²) >= 11 is 5.80. The fourth-order valence-electron chi connectivity index (χ4n) is 3.35. The van der Waals surface area contributed by atoms with Crippen molar-refractivity contribution in [3.8, 4) is 5.75 Å². The Morgan fingerprint density at radius 2 is 1.91 bits per heavy atom. The molecule has 12 heteroatoms. The molecule has 4 aromatic rings. The highest BCUT2D eigenvalue weighted by Gasteiger charge is 2.30. The summed E-state index contributed by atoms with van der Waals surface area (Å²) in [5.74, 6) is 0.168. The fourth-order valence-corrected chi connectivity index (χ4v) is 3.47. The fraction of sp³-hybridized carbons (Fsp3) is 0.217. The molecule has 0 bridgehead atoms. The lowest BCUT2D eigenvalue weighted by Gasteiger charge is -2.10. The highest BCUT2D eigenvalue weighted by molar-refractivity contribution is 6.30. The quantitative estimate of drug-likeness (QED) is 0.396. The van der Waals surface area contributed by atoms with Crippen molar-refractivity contribution in [1.29, 1.82) is 0 Å². The number of carbonyl (C=O) groups excluding carboxylic acids is 1. The number of ether oxygens (including phenoxy) is 1. The maximum Gasteiger partial charge on any atom is 0.416 e. The number of fused-ring (bicyclic) bond motifs is 1. The minimum Gasteiger partial charge on any atom is -0.484 e. The van der Waals surface area contributed by atoms with Gasteiger partial charge in [-0.25, -0.2) is 9.67 Å². The second kappa shape index (κ2) is 10.2. The molecule has 182 valence electrons. The number of carbonyl (C=O) groups is 1. The number of amides is 1. The van der Waals surface area contributed by atoms with Crippen molar-refractivity contribution in [3.63, 3.8) is 0 Å². The summed E-state index contributed by atoms with van der Waals surface area (Å²) < 4.78 is 46.9. The summed E-state index contributed by atoms with van der Waals surface area (Å²) in [5.41, 5.74) is -0.592. The van der Waals surface area contributed by atoms with E-state index < -0.39 is 17.3 Å². The Balaban J connectivity index is 1.37. The summed E-state index contributed by atoms with van der Waals surface area (Å²) in [5, 5.41) is 7.61. The van der Waals surface area contributed by atoms with Gasteiger partial charge >= 0.3 is 6.18 Å². The lowest BCUT2D eigenvalue weighted by Crippen LogP contribution is -2.31. The number of alkyl halides is 3. The van der Waals surface area contributed by atoms with Crippen LogP contribution in [0.5, 0.6) is 5.75 Å². The van der Waals surface area contributed by atoms with E-state index in [1.807, 2.05) is 0 Å². The molecule has 0 saturated heterocycles. The van der Waals surface area contributed by atoms with E-state index in [1.54, 1.807) is 24.3 Å². The third-order valence-electron chi connectivity index (χ3n) is 5.06. The summed E-state index contributed by atoms with van der Waals surface area (Å²) in [7, 11) is 0. The number of nitrogens with one attached hydrogen (secondary N) is 1. The van der Waals surface area contributed by atoms with Crippen LogP contribution in [0.3, 0.4) is 0 Å². The molecule has 0 atom stereocenters. The number of rotatable bonds is 8. The molecule has 1 N–H and O–H groups in total. The van der Waals surface area contributed by atoms with E-state index in [9.17, 15) is 22.8 Å². The molecule has 0 aliphatic heterocycles. The lowest BCUT2D eigenvalue weighted by atomic mass is 10.1. The van der Waals surface area contributed by atoms with Gasteiger partial charge in [0.25, 0.3) is 11.5 Å². The predicted molar refractivity (Wildman–Crippen MR) is 122 cm³/mol. The van der Waals surface area contributed by atoms with Crippen molar-refractivity contribution in [1.82, 2.24) is 24.6 Å². The summed E-state index contributed by atoms with van der Waals surface area (Å²) in [4.78, 5) is 29.0. The van der Waals surface area contributed by atoms with Crippen molar-refractivity contribution < 1.29 is 22.7 Å². The zero-order valence-electron chi connectivity index (χ0n) is 18.1. The van der Waals surface area contributed by atoms with Crippen LogP contribution in [0.15, 0.2) is 65.8 Å². The summed E-state index contributed by atoms with van der Waals surface area (Å²) in [6.45, 7) is 0.218. The molecule has 0 unspecified atom stereocenters. The lowest BCUT2D eigenvalue weighted by molar-refractivity contribution is -0.137. The molecular formula is C23H19ClF3N5O3. The normalized spacial score (nSPS) is 11.5. The zero-order valence-corrected chi connectivity index (χ0v) is 18.9. The van der Waals surface area contributed by atoms with Gasteiger partial charge in [-0.05, 0) is 42.0 Å². The van der Waals surface area contributed by atoms with Gasteiger partial charge < -0.3 is 10.1 Å². The molecule has 8 nitrogen and oxygen atoms in total. The second-order valence-electron chi connectivity index (χ2n) is 7.57. The molecular weight excluding hydrogens is 487 g/mol. The molecule has 0 fully saturated rings. The van der Waals surface area contributed by atoms with Gasteiger partial charge in [0.05, 0.1) is 24.8 Å². The number of nitrogens with zero attached hydrogens (tertiary/aromatic N) is 4. The van der Waals surface area contributed by atoms with Gasteiger partial charge in [-0.2, -0.15) is 18.3 Å². The van der Waals surface area contributed by atoms with Crippen LogP contribution in [-0.4, -0.2) is 38.4 Å². The molecule has 1 amide bonds.